The second kappa shape index (κ2) is 10.0. The fourth-order valence-corrected chi connectivity index (χ4v) is 4.13. The van der Waals surface area contributed by atoms with Gasteiger partial charge in [-0.25, -0.2) is 0 Å². The van der Waals surface area contributed by atoms with Crippen molar-refractivity contribution in [1.82, 2.24) is 10.2 Å². The lowest BCUT2D eigenvalue weighted by Gasteiger charge is -2.25. The van der Waals surface area contributed by atoms with Crippen LogP contribution in [0.5, 0.6) is 11.5 Å². The molecule has 0 amide bonds. The van der Waals surface area contributed by atoms with Crippen molar-refractivity contribution in [3.63, 3.8) is 0 Å². The monoisotopic (exact) mass is 389 g/mol. The molecule has 0 radical (unpaired) electrons. The molecule has 1 aromatic rings. The van der Waals surface area contributed by atoms with Gasteiger partial charge in [-0.3, -0.25) is 4.99 Å². The van der Waals surface area contributed by atoms with Crippen molar-refractivity contribution in [1.29, 1.82) is 0 Å². The summed E-state index contributed by atoms with van der Waals surface area (Å²) in [6.07, 6.45) is 4.38. The first-order valence-corrected chi connectivity index (χ1v) is 10.6. The van der Waals surface area contributed by atoms with Gasteiger partial charge in [0.15, 0.2) is 17.5 Å². The van der Waals surface area contributed by atoms with Gasteiger partial charge in [0.1, 0.15) is 0 Å². The number of benzene rings is 1. The van der Waals surface area contributed by atoms with Crippen molar-refractivity contribution in [2.75, 3.05) is 53.1 Å². The Hall–Kier alpha value is -1.95. The zero-order chi connectivity index (χ0) is 19.8. The zero-order valence-corrected chi connectivity index (χ0v) is 17.6. The number of nitrogens with one attached hydrogen (secondary N) is 1. The van der Waals surface area contributed by atoms with Gasteiger partial charge < -0.3 is 24.4 Å². The van der Waals surface area contributed by atoms with Crippen LogP contribution < -0.4 is 14.8 Å². The van der Waals surface area contributed by atoms with Crippen LogP contribution in [0.2, 0.25) is 0 Å². The molecule has 2 fully saturated rings. The molecule has 2 aliphatic rings. The second-order valence-electron chi connectivity index (χ2n) is 7.73. The van der Waals surface area contributed by atoms with Gasteiger partial charge in [-0.2, -0.15) is 0 Å². The molecule has 2 saturated heterocycles. The van der Waals surface area contributed by atoms with E-state index in [1.807, 2.05) is 13.0 Å². The Bertz CT molecular complexity index is 656. The highest BCUT2D eigenvalue weighted by Gasteiger charge is 2.42. The average molecular weight is 390 g/mol. The van der Waals surface area contributed by atoms with E-state index in [9.17, 15) is 0 Å². The summed E-state index contributed by atoms with van der Waals surface area (Å²) in [7, 11) is 1.68. The number of likely N-dealkylation sites (tertiary alicyclic amines) is 1. The molecule has 156 valence electrons. The zero-order valence-electron chi connectivity index (χ0n) is 17.6. The molecule has 1 atom stereocenters. The predicted molar refractivity (Wildman–Crippen MR) is 113 cm³/mol. The average Bonchev–Trinajstić information content (AvgIpc) is 3.35. The molecule has 0 aromatic heterocycles. The lowest BCUT2D eigenvalue weighted by atomic mass is 9.87. The topological polar surface area (TPSA) is 55.3 Å². The largest absolute Gasteiger partial charge is 0.493 e. The van der Waals surface area contributed by atoms with E-state index in [0.717, 1.165) is 69.7 Å². The number of hydrogen-bond donors (Lipinski definition) is 1. The molecule has 2 heterocycles. The highest BCUT2D eigenvalue weighted by Crippen LogP contribution is 2.38. The number of nitrogens with zero attached hydrogens (tertiary/aromatic N) is 2. The summed E-state index contributed by atoms with van der Waals surface area (Å²) in [6, 6.07) is 6.18. The summed E-state index contributed by atoms with van der Waals surface area (Å²) >= 11 is 0. The van der Waals surface area contributed by atoms with Crippen LogP contribution in [-0.4, -0.2) is 64.0 Å². The Balaban J connectivity index is 1.54. The smallest absolute Gasteiger partial charge is 0.193 e. The second-order valence-corrected chi connectivity index (χ2v) is 7.73. The Morgan fingerprint density at radius 2 is 2.18 bits per heavy atom. The van der Waals surface area contributed by atoms with Crippen molar-refractivity contribution in [2.45, 2.75) is 39.5 Å². The van der Waals surface area contributed by atoms with Crippen LogP contribution in [0.1, 0.15) is 38.7 Å². The molecule has 2 aliphatic heterocycles. The first-order valence-electron chi connectivity index (χ1n) is 10.6. The van der Waals surface area contributed by atoms with Crippen LogP contribution in [0.15, 0.2) is 23.2 Å². The number of ether oxygens (including phenoxy) is 3. The molecule has 1 N–H and O–H groups in total. The minimum Gasteiger partial charge on any atom is -0.493 e. The van der Waals surface area contributed by atoms with E-state index in [0.29, 0.717) is 12.0 Å². The van der Waals surface area contributed by atoms with Crippen LogP contribution in [0, 0.1) is 5.41 Å². The molecule has 0 bridgehead atoms. The fraction of sp³-hybridized carbons (Fsp3) is 0.682. The van der Waals surface area contributed by atoms with E-state index >= 15 is 0 Å². The minimum atomic E-state index is 0.356. The first kappa shape index (κ1) is 20.8. The predicted octanol–water partition coefficient (Wildman–Crippen LogP) is 3.10. The third-order valence-electron chi connectivity index (χ3n) is 5.67. The van der Waals surface area contributed by atoms with E-state index in [1.54, 1.807) is 7.11 Å². The van der Waals surface area contributed by atoms with Crippen LogP contribution in [0.3, 0.4) is 0 Å². The molecule has 0 aliphatic carbocycles. The lowest BCUT2D eigenvalue weighted by molar-refractivity contribution is 0.156. The van der Waals surface area contributed by atoms with Gasteiger partial charge in [-0.15, -0.1) is 0 Å². The molecule has 1 aromatic carbocycles. The molecule has 6 nitrogen and oxygen atoms in total. The molecular weight excluding hydrogens is 354 g/mol. The highest BCUT2D eigenvalue weighted by molar-refractivity contribution is 5.80. The van der Waals surface area contributed by atoms with Crippen molar-refractivity contribution < 1.29 is 14.2 Å². The van der Waals surface area contributed by atoms with E-state index in [2.05, 4.69) is 29.3 Å². The number of methoxy groups -OCH3 is 1. The van der Waals surface area contributed by atoms with Crippen LogP contribution >= 0.6 is 0 Å². The summed E-state index contributed by atoms with van der Waals surface area (Å²) in [5.41, 5.74) is 1.61. The van der Waals surface area contributed by atoms with Gasteiger partial charge in [0.05, 0.1) is 20.3 Å². The van der Waals surface area contributed by atoms with Crippen molar-refractivity contribution in [2.24, 2.45) is 10.4 Å². The molecule has 1 unspecified atom stereocenters. The van der Waals surface area contributed by atoms with Crippen molar-refractivity contribution in [3.05, 3.63) is 23.8 Å². The minimum absolute atomic E-state index is 0.356. The van der Waals surface area contributed by atoms with Gasteiger partial charge in [0, 0.05) is 38.2 Å². The lowest BCUT2D eigenvalue weighted by Crippen LogP contribution is -2.41. The van der Waals surface area contributed by atoms with Gasteiger partial charge in [0.25, 0.3) is 0 Å². The maximum absolute atomic E-state index is 5.68. The number of rotatable bonds is 8. The van der Waals surface area contributed by atoms with Crippen LogP contribution in [-0.2, 0) is 11.2 Å². The van der Waals surface area contributed by atoms with Gasteiger partial charge >= 0.3 is 0 Å². The summed E-state index contributed by atoms with van der Waals surface area (Å²) in [6.45, 7) is 10.4. The Labute approximate surface area is 169 Å². The van der Waals surface area contributed by atoms with Gasteiger partial charge in [-0.05, 0) is 57.2 Å². The van der Waals surface area contributed by atoms with E-state index < -0.39 is 0 Å². The van der Waals surface area contributed by atoms with E-state index in [4.69, 9.17) is 19.2 Å². The highest BCUT2D eigenvalue weighted by atomic mass is 16.5. The number of hydrogen-bond acceptors (Lipinski definition) is 4. The van der Waals surface area contributed by atoms with Crippen molar-refractivity contribution in [3.8, 4) is 11.5 Å². The number of aliphatic imine (C=N–C) groups is 1. The molecule has 6 heteroatoms. The molecule has 1 spiro atoms. The summed E-state index contributed by atoms with van der Waals surface area (Å²) in [4.78, 5) is 7.31. The quantitative estimate of drug-likeness (QED) is 0.421. The Kier molecular flexibility index (Phi) is 7.43. The number of guanidine groups is 1. The maximum Gasteiger partial charge on any atom is 0.193 e. The molecule has 0 saturated carbocycles. The molecule has 3 rings (SSSR count). The SMILES string of the molecule is CCNC(=NCCCc1ccc(OC)c(OCC)c1)N1CCC2(CCOC2)C1. The molecular formula is C22H35N3O3. The first-order chi connectivity index (χ1) is 13.7. The Morgan fingerprint density at radius 1 is 1.29 bits per heavy atom. The number of aryl methyl sites for hydroxylation is 1. The van der Waals surface area contributed by atoms with Crippen molar-refractivity contribution >= 4 is 5.96 Å². The fourth-order valence-electron chi connectivity index (χ4n) is 4.13. The van der Waals surface area contributed by atoms with Crippen LogP contribution in [0.4, 0.5) is 0 Å². The van der Waals surface area contributed by atoms with Crippen LogP contribution in [0.25, 0.3) is 0 Å². The standard InChI is InChI=1S/C22H35N3O3/c1-4-23-21(25-13-10-22(16-25)11-14-27-17-22)24-12-6-7-18-8-9-19(26-3)20(15-18)28-5-2/h8-9,15H,4-7,10-14,16-17H2,1-3H3,(H,23,24). The van der Waals surface area contributed by atoms with E-state index in [1.165, 1.54) is 18.4 Å². The maximum atomic E-state index is 5.68. The normalized spacial score (nSPS) is 22.1. The van der Waals surface area contributed by atoms with E-state index in [-0.39, 0.29) is 0 Å². The van der Waals surface area contributed by atoms with Gasteiger partial charge in [0.2, 0.25) is 0 Å². The third kappa shape index (κ3) is 5.10. The summed E-state index contributed by atoms with van der Waals surface area (Å²) in [5, 5.41) is 3.47. The Morgan fingerprint density at radius 3 is 2.89 bits per heavy atom. The summed E-state index contributed by atoms with van der Waals surface area (Å²) in [5.74, 6) is 2.66. The molecule has 28 heavy (non-hydrogen) atoms. The summed E-state index contributed by atoms with van der Waals surface area (Å²) < 4.78 is 16.7. The van der Waals surface area contributed by atoms with Gasteiger partial charge in [-0.1, -0.05) is 6.07 Å². The third-order valence-corrected chi connectivity index (χ3v) is 5.67.